The molecule has 0 radical (unpaired) electrons. The fourth-order valence-electron chi connectivity index (χ4n) is 0.787. The summed E-state index contributed by atoms with van der Waals surface area (Å²) < 4.78 is 0.946. The first kappa shape index (κ1) is 9.80. The van der Waals surface area contributed by atoms with Crippen LogP contribution < -0.4 is 5.32 Å². The maximum Gasteiger partial charge on any atom is 0.329 e. The molecule has 0 saturated heterocycles. The molecule has 0 bridgehead atoms. The van der Waals surface area contributed by atoms with Crippen LogP contribution in [-0.2, 0) is 4.79 Å². The van der Waals surface area contributed by atoms with Crippen molar-refractivity contribution in [3.63, 3.8) is 0 Å². The number of carboxylic acid groups (broad SMARTS) is 1. The van der Waals surface area contributed by atoms with Crippen LogP contribution in [0.5, 0.6) is 0 Å². The van der Waals surface area contributed by atoms with Gasteiger partial charge in [0.05, 0.1) is 0 Å². The summed E-state index contributed by atoms with van der Waals surface area (Å²) in [6, 6.07) is 7.45. The van der Waals surface area contributed by atoms with Gasteiger partial charge in [0, 0.05) is 22.4 Å². The van der Waals surface area contributed by atoms with Gasteiger partial charge in [0.15, 0.2) is 0 Å². The highest BCUT2D eigenvalue weighted by Gasteiger charge is 1.90. The molecule has 0 unspecified atom stereocenters. The van der Waals surface area contributed by atoms with Gasteiger partial charge >= 0.3 is 5.97 Å². The Balaban J connectivity index is 2.59. The van der Waals surface area contributed by atoms with Gasteiger partial charge in [-0.25, -0.2) is 4.79 Å². The molecule has 0 aliphatic carbocycles. The van der Waals surface area contributed by atoms with Crippen molar-refractivity contribution in [1.29, 1.82) is 0 Å². The van der Waals surface area contributed by atoms with E-state index in [0.717, 1.165) is 16.2 Å². The van der Waals surface area contributed by atoms with Crippen LogP contribution in [0.2, 0.25) is 0 Å². The van der Waals surface area contributed by atoms with E-state index in [0.29, 0.717) is 0 Å². The highest BCUT2D eigenvalue weighted by atomic mass is 79.9. The van der Waals surface area contributed by atoms with E-state index in [1.165, 1.54) is 6.20 Å². The van der Waals surface area contributed by atoms with Crippen LogP contribution in [0.1, 0.15) is 0 Å². The number of carbonyl (C=O) groups is 1. The molecule has 0 aromatic heterocycles. The standard InChI is InChI=1S/C9H8BrNO2/c10-7-2-1-3-8(6-7)11-5-4-9(12)13/h1-6,11H,(H,12,13)/b5-4+. The van der Waals surface area contributed by atoms with E-state index in [-0.39, 0.29) is 0 Å². The second-order valence-electron chi connectivity index (χ2n) is 2.33. The van der Waals surface area contributed by atoms with Crippen molar-refractivity contribution < 1.29 is 9.90 Å². The third-order valence-corrected chi connectivity index (χ3v) is 1.79. The molecule has 2 N–H and O–H groups in total. The smallest absolute Gasteiger partial charge is 0.329 e. The molecule has 3 nitrogen and oxygen atoms in total. The molecule has 13 heavy (non-hydrogen) atoms. The van der Waals surface area contributed by atoms with Crippen LogP contribution in [0, 0.1) is 0 Å². The largest absolute Gasteiger partial charge is 0.478 e. The molecule has 0 atom stereocenters. The van der Waals surface area contributed by atoms with Gasteiger partial charge in [0.2, 0.25) is 0 Å². The molecule has 1 rings (SSSR count). The number of anilines is 1. The van der Waals surface area contributed by atoms with Gasteiger partial charge in [-0.15, -0.1) is 0 Å². The molecule has 1 aromatic rings. The van der Waals surface area contributed by atoms with E-state index in [1.54, 1.807) is 0 Å². The normalized spacial score (nSPS) is 10.2. The van der Waals surface area contributed by atoms with Gasteiger partial charge in [-0.1, -0.05) is 22.0 Å². The third kappa shape index (κ3) is 3.75. The first-order valence-corrected chi connectivity index (χ1v) is 4.39. The highest BCUT2D eigenvalue weighted by molar-refractivity contribution is 9.10. The van der Waals surface area contributed by atoms with Crippen LogP contribution in [0.3, 0.4) is 0 Å². The van der Waals surface area contributed by atoms with Gasteiger partial charge in [-0.05, 0) is 18.2 Å². The number of nitrogens with one attached hydrogen (secondary N) is 1. The first-order chi connectivity index (χ1) is 6.18. The number of aliphatic carboxylic acids is 1. The predicted octanol–water partition coefficient (Wildman–Crippen LogP) is 2.46. The monoisotopic (exact) mass is 241 g/mol. The van der Waals surface area contributed by atoms with E-state index < -0.39 is 5.97 Å². The van der Waals surface area contributed by atoms with Crippen LogP contribution in [-0.4, -0.2) is 11.1 Å². The van der Waals surface area contributed by atoms with Gasteiger partial charge in [-0.3, -0.25) is 0 Å². The van der Waals surface area contributed by atoms with Crippen LogP contribution in [0.15, 0.2) is 41.0 Å². The van der Waals surface area contributed by atoms with Crippen molar-refractivity contribution >= 4 is 27.6 Å². The van der Waals surface area contributed by atoms with Gasteiger partial charge < -0.3 is 10.4 Å². The van der Waals surface area contributed by atoms with Crippen molar-refractivity contribution in [3.05, 3.63) is 41.0 Å². The van der Waals surface area contributed by atoms with E-state index in [4.69, 9.17) is 5.11 Å². The third-order valence-electron chi connectivity index (χ3n) is 1.30. The van der Waals surface area contributed by atoms with E-state index in [9.17, 15) is 4.79 Å². The molecular weight excluding hydrogens is 234 g/mol. The molecule has 1 aromatic carbocycles. The Hall–Kier alpha value is -1.29. The van der Waals surface area contributed by atoms with E-state index in [2.05, 4.69) is 21.2 Å². The molecule has 0 saturated carbocycles. The second-order valence-corrected chi connectivity index (χ2v) is 3.24. The number of rotatable bonds is 3. The summed E-state index contributed by atoms with van der Waals surface area (Å²) in [4.78, 5) is 10.1. The van der Waals surface area contributed by atoms with Gasteiger partial charge in [0.1, 0.15) is 0 Å². The van der Waals surface area contributed by atoms with Crippen molar-refractivity contribution in [1.82, 2.24) is 0 Å². The molecule has 0 aliphatic heterocycles. The molecule has 0 fully saturated rings. The lowest BCUT2D eigenvalue weighted by Gasteiger charge is -1.99. The maximum absolute atomic E-state index is 10.1. The van der Waals surface area contributed by atoms with Crippen LogP contribution >= 0.6 is 15.9 Å². The molecule has 0 amide bonds. The molecule has 0 spiro atoms. The molecule has 0 aliphatic rings. The Morgan fingerprint density at radius 2 is 2.31 bits per heavy atom. The molecule has 4 heteroatoms. The van der Waals surface area contributed by atoms with Crippen molar-refractivity contribution in [2.45, 2.75) is 0 Å². The summed E-state index contributed by atoms with van der Waals surface area (Å²) in [5.74, 6) is -0.970. The maximum atomic E-state index is 10.1. The Bertz CT molecular complexity index is 336. The quantitative estimate of drug-likeness (QED) is 0.800. The SMILES string of the molecule is O=C(O)/C=C/Nc1cccc(Br)c1. The number of benzene rings is 1. The van der Waals surface area contributed by atoms with E-state index in [1.807, 2.05) is 24.3 Å². The first-order valence-electron chi connectivity index (χ1n) is 3.60. The summed E-state index contributed by atoms with van der Waals surface area (Å²) in [6.07, 6.45) is 2.42. The average molecular weight is 242 g/mol. The van der Waals surface area contributed by atoms with Crippen LogP contribution in [0.4, 0.5) is 5.69 Å². The zero-order chi connectivity index (χ0) is 9.68. The molecule has 0 heterocycles. The molecule has 68 valence electrons. The predicted molar refractivity (Wildman–Crippen MR) is 54.5 cm³/mol. The summed E-state index contributed by atoms with van der Waals surface area (Å²) in [6.45, 7) is 0. The number of hydrogen-bond acceptors (Lipinski definition) is 2. The topological polar surface area (TPSA) is 49.3 Å². The Labute approximate surface area is 84.2 Å². The van der Waals surface area contributed by atoms with Gasteiger partial charge in [0.25, 0.3) is 0 Å². The van der Waals surface area contributed by atoms with Crippen molar-refractivity contribution in [2.75, 3.05) is 5.32 Å². The second kappa shape index (κ2) is 4.67. The fraction of sp³-hybridized carbons (Fsp3) is 0. The highest BCUT2D eigenvalue weighted by Crippen LogP contribution is 2.15. The summed E-state index contributed by atoms with van der Waals surface area (Å²) >= 11 is 3.30. The van der Waals surface area contributed by atoms with Gasteiger partial charge in [-0.2, -0.15) is 0 Å². The minimum Gasteiger partial charge on any atom is -0.478 e. The summed E-state index contributed by atoms with van der Waals surface area (Å²) in [5.41, 5.74) is 0.840. The summed E-state index contributed by atoms with van der Waals surface area (Å²) in [5, 5.41) is 11.1. The molecular formula is C9H8BrNO2. The van der Waals surface area contributed by atoms with Crippen LogP contribution in [0.25, 0.3) is 0 Å². The Morgan fingerprint density at radius 3 is 2.92 bits per heavy atom. The lowest BCUT2D eigenvalue weighted by molar-refractivity contribution is -0.131. The Kier molecular flexibility index (Phi) is 3.52. The number of hydrogen-bond donors (Lipinski definition) is 2. The summed E-state index contributed by atoms with van der Waals surface area (Å²) in [7, 11) is 0. The fourth-order valence-corrected chi connectivity index (χ4v) is 1.19. The van der Waals surface area contributed by atoms with Crippen molar-refractivity contribution in [2.24, 2.45) is 0 Å². The number of carboxylic acids is 1. The van der Waals surface area contributed by atoms with E-state index >= 15 is 0 Å². The Morgan fingerprint density at radius 1 is 1.54 bits per heavy atom. The number of halogens is 1. The zero-order valence-electron chi connectivity index (χ0n) is 6.70. The van der Waals surface area contributed by atoms with Crippen molar-refractivity contribution in [3.8, 4) is 0 Å². The zero-order valence-corrected chi connectivity index (χ0v) is 8.28. The minimum atomic E-state index is -0.970. The minimum absolute atomic E-state index is 0.840. The average Bonchev–Trinajstić information content (AvgIpc) is 2.03. The lowest BCUT2D eigenvalue weighted by atomic mass is 10.3. The lowest BCUT2D eigenvalue weighted by Crippen LogP contribution is -1.91.